The van der Waals surface area contributed by atoms with Gasteiger partial charge in [0.2, 0.25) is 5.91 Å². The van der Waals surface area contributed by atoms with Crippen molar-refractivity contribution in [3.05, 3.63) is 64.7 Å². The molecule has 2 amide bonds. The maximum absolute atomic E-state index is 13.4. The first-order valence-electron chi connectivity index (χ1n) is 13.7. The van der Waals surface area contributed by atoms with Crippen molar-refractivity contribution in [1.29, 1.82) is 0 Å². The van der Waals surface area contributed by atoms with E-state index >= 15 is 0 Å². The Hall–Kier alpha value is -2.90. The molecule has 1 N–H and O–H groups in total. The average Bonchev–Trinajstić information content (AvgIpc) is 3.05. The van der Waals surface area contributed by atoms with Gasteiger partial charge in [-0.2, -0.15) is 0 Å². The first-order chi connectivity index (χ1) is 18.0. The van der Waals surface area contributed by atoms with E-state index < -0.39 is 6.10 Å². The van der Waals surface area contributed by atoms with Gasteiger partial charge >= 0.3 is 0 Å². The molecule has 0 unspecified atom stereocenters. The van der Waals surface area contributed by atoms with E-state index in [1.54, 1.807) is 6.92 Å². The number of fused-ring (bicyclic) bond motifs is 2. The minimum Gasteiger partial charge on any atom is -0.493 e. The molecular weight excluding hydrogens is 466 g/mol. The molecule has 198 valence electrons. The number of likely N-dealkylation sites (tertiary alicyclic amines) is 1. The number of amides is 2. The number of ether oxygens (including phenoxy) is 1. The Balaban J connectivity index is 1.14. The molecular formula is C30H39N3O4. The number of benzene rings is 2. The van der Waals surface area contributed by atoms with Crippen LogP contribution in [0, 0.1) is 5.92 Å². The SMILES string of the molecule is CC(=O)N1CCC(COc2ccc3c(c2)CCCN(C[C@H](O)CN2CCc4ccccc4C2)C3=O)CC1. The van der Waals surface area contributed by atoms with Crippen LogP contribution < -0.4 is 4.74 Å². The second-order valence-electron chi connectivity index (χ2n) is 10.8. The van der Waals surface area contributed by atoms with E-state index in [1.165, 1.54) is 11.1 Å². The van der Waals surface area contributed by atoms with Crippen LogP contribution in [-0.2, 0) is 24.2 Å². The number of rotatable bonds is 7. The van der Waals surface area contributed by atoms with E-state index in [9.17, 15) is 14.7 Å². The molecule has 1 saturated heterocycles. The van der Waals surface area contributed by atoms with Gasteiger partial charge in [0.05, 0.1) is 12.7 Å². The first-order valence-corrected chi connectivity index (χ1v) is 13.7. The molecule has 0 saturated carbocycles. The highest BCUT2D eigenvalue weighted by Crippen LogP contribution is 2.26. The van der Waals surface area contributed by atoms with Crippen LogP contribution in [0.15, 0.2) is 42.5 Å². The molecule has 0 aromatic heterocycles. The zero-order chi connectivity index (χ0) is 25.8. The second-order valence-corrected chi connectivity index (χ2v) is 10.8. The van der Waals surface area contributed by atoms with Gasteiger partial charge in [0, 0.05) is 58.3 Å². The lowest BCUT2D eigenvalue weighted by Gasteiger charge is -2.32. The standard InChI is InChI=1S/C30H39N3O4/c1-22(34)32-15-10-23(11-16-32)21-37-28-8-9-29-25(17-28)7-4-13-33(30(29)36)20-27(35)19-31-14-12-24-5-2-3-6-26(24)18-31/h2-3,5-6,8-9,17,23,27,35H,4,7,10-16,18-21H2,1H3/t27-/m1/s1. The van der Waals surface area contributed by atoms with Crippen molar-refractivity contribution in [3.63, 3.8) is 0 Å². The summed E-state index contributed by atoms with van der Waals surface area (Å²) >= 11 is 0. The Bertz CT molecular complexity index is 1110. The lowest BCUT2D eigenvalue weighted by molar-refractivity contribution is -0.130. The molecule has 3 aliphatic rings. The van der Waals surface area contributed by atoms with Gasteiger partial charge in [-0.25, -0.2) is 0 Å². The number of piperidine rings is 1. The molecule has 3 heterocycles. The summed E-state index contributed by atoms with van der Waals surface area (Å²) in [6.45, 7) is 7.23. The summed E-state index contributed by atoms with van der Waals surface area (Å²) in [5, 5.41) is 10.9. The molecule has 5 rings (SSSR count). The monoisotopic (exact) mass is 505 g/mol. The third-order valence-electron chi connectivity index (χ3n) is 8.12. The summed E-state index contributed by atoms with van der Waals surface area (Å²) in [7, 11) is 0. The average molecular weight is 506 g/mol. The number of carbonyl (C=O) groups is 2. The molecule has 0 radical (unpaired) electrons. The minimum atomic E-state index is -0.576. The molecule has 0 aliphatic carbocycles. The van der Waals surface area contributed by atoms with Crippen LogP contribution in [0.25, 0.3) is 0 Å². The highest BCUT2D eigenvalue weighted by atomic mass is 16.5. The van der Waals surface area contributed by atoms with Crippen LogP contribution in [0.5, 0.6) is 5.75 Å². The largest absolute Gasteiger partial charge is 0.493 e. The van der Waals surface area contributed by atoms with Crippen molar-refractivity contribution < 1.29 is 19.4 Å². The highest BCUT2D eigenvalue weighted by molar-refractivity contribution is 5.96. The number of aliphatic hydroxyl groups is 1. The smallest absolute Gasteiger partial charge is 0.254 e. The molecule has 0 bridgehead atoms. The van der Waals surface area contributed by atoms with Crippen molar-refractivity contribution in [2.24, 2.45) is 5.92 Å². The summed E-state index contributed by atoms with van der Waals surface area (Å²) < 4.78 is 6.11. The molecule has 1 fully saturated rings. The van der Waals surface area contributed by atoms with Gasteiger partial charge in [0.25, 0.3) is 5.91 Å². The quantitative estimate of drug-likeness (QED) is 0.626. The van der Waals surface area contributed by atoms with Crippen LogP contribution in [0.1, 0.15) is 53.2 Å². The third kappa shape index (κ3) is 6.33. The Morgan fingerprint density at radius 2 is 1.78 bits per heavy atom. The number of β-amino-alcohol motifs (C(OH)–C–C–N with tert-alkyl or cyclic N) is 1. The normalized spacial score (nSPS) is 19.7. The number of hydrogen-bond donors (Lipinski definition) is 1. The predicted molar refractivity (Wildman–Crippen MR) is 143 cm³/mol. The molecule has 2 aromatic rings. The van der Waals surface area contributed by atoms with Crippen LogP contribution in [-0.4, -0.2) is 83.6 Å². The fraction of sp³-hybridized carbons (Fsp3) is 0.533. The number of hydrogen-bond acceptors (Lipinski definition) is 5. The highest BCUT2D eigenvalue weighted by Gasteiger charge is 2.27. The lowest BCUT2D eigenvalue weighted by Crippen LogP contribution is -2.44. The molecule has 3 aliphatic heterocycles. The first kappa shape index (κ1) is 25.7. The molecule has 7 nitrogen and oxygen atoms in total. The molecule has 37 heavy (non-hydrogen) atoms. The van der Waals surface area contributed by atoms with E-state index in [0.29, 0.717) is 32.2 Å². The maximum Gasteiger partial charge on any atom is 0.254 e. The summed E-state index contributed by atoms with van der Waals surface area (Å²) in [6, 6.07) is 14.3. The van der Waals surface area contributed by atoms with Crippen LogP contribution in [0.3, 0.4) is 0 Å². The lowest BCUT2D eigenvalue weighted by atomic mass is 9.98. The fourth-order valence-electron chi connectivity index (χ4n) is 5.93. The Morgan fingerprint density at radius 3 is 2.57 bits per heavy atom. The van der Waals surface area contributed by atoms with Crippen molar-refractivity contribution in [1.82, 2.24) is 14.7 Å². The van der Waals surface area contributed by atoms with Crippen molar-refractivity contribution in [2.75, 3.05) is 45.9 Å². The number of carbonyl (C=O) groups excluding carboxylic acids is 2. The van der Waals surface area contributed by atoms with Crippen molar-refractivity contribution in [2.45, 2.75) is 51.7 Å². The maximum atomic E-state index is 13.4. The number of aliphatic hydroxyl groups excluding tert-OH is 1. The summed E-state index contributed by atoms with van der Waals surface area (Å²) in [6.07, 6.45) is 4.04. The van der Waals surface area contributed by atoms with Crippen LogP contribution in [0.2, 0.25) is 0 Å². The predicted octanol–water partition coefficient (Wildman–Crippen LogP) is 3.13. The topological polar surface area (TPSA) is 73.3 Å². The van der Waals surface area contributed by atoms with Gasteiger partial charge in [-0.05, 0) is 72.9 Å². The molecule has 2 aromatic carbocycles. The fourth-order valence-corrected chi connectivity index (χ4v) is 5.93. The van der Waals surface area contributed by atoms with Crippen molar-refractivity contribution in [3.8, 4) is 5.75 Å². The summed E-state index contributed by atoms with van der Waals surface area (Å²) in [5.74, 6) is 1.40. The van der Waals surface area contributed by atoms with Crippen molar-refractivity contribution >= 4 is 11.8 Å². The van der Waals surface area contributed by atoms with Crippen LogP contribution in [0.4, 0.5) is 0 Å². The van der Waals surface area contributed by atoms with Gasteiger partial charge in [-0.3, -0.25) is 14.5 Å². The van der Waals surface area contributed by atoms with E-state index in [-0.39, 0.29) is 11.8 Å². The zero-order valence-electron chi connectivity index (χ0n) is 21.9. The van der Waals surface area contributed by atoms with Gasteiger partial charge in [0.1, 0.15) is 5.75 Å². The molecule has 1 atom stereocenters. The third-order valence-corrected chi connectivity index (χ3v) is 8.12. The minimum absolute atomic E-state index is 0.00121. The zero-order valence-corrected chi connectivity index (χ0v) is 21.9. The Morgan fingerprint density at radius 1 is 1.00 bits per heavy atom. The van der Waals surface area contributed by atoms with Gasteiger partial charge in [-0.15, -0.1) is 0 Å². The summed E-state index contributed by atoms with van der Waals surface area (Å²) in [4.78, 5) is 30.9. The van der Waals surface area contributed by atoms with E-state index in [1.807, 2.05) is 28.0 Å². The van der Waals surface area contributed by atoms with Gasteiger partial charge < -0.3 is 19.6 Å². The second kappa shape index (κ2) is 11.7. The van der Waals surface area contributed by atoms with Crippen LogP contribution >= 0.6 is 0 Å². The van der Waals surface area contributed by atoms with Gasteiger partial charge in [-0.1, -0.05) is 24.3 Å². The Kier molecular flexibility index (Phi) is 8.11. The van der Waals surface area contributed by atoms with E-state index in [4.69, 9.17) is 4.74 Å². The van der Waals surface area contributed by atoms with E-state index in [0.717, 1.165) is 75.2 Å². The summed E-state index contributed by atoms with van der Waals surface area (Å²) in [5.41, 5.74) is 4.48. The Labute approximate surface area is 220 Å². The van der Waals surface area contributed by atoms with E-state index in [2.05, 4.69) is 29.2 Å². The molecule has 0 spiro atoms. The number of nitrogens with zero attached hydrogens (tertiary/aromatic N) is 3. The molecule has 7 heteroatoms. The number of aryl methyl sites for hydroxylation is 1. The van der Waals surface area contributed by atoms with Gasteiger partial charge in [0.15, 0.2) is 0 Å².